The van der Waals surface area contributed by atoms with Crippen molar-refractivity contribution in [3.8, 4) is 11.4 Å². The number of aromatic nitrogens is 2. The van der Waals surface area contributed by atoms with Gasteiger partial charge in [-0.05, 0) is 24.3 Å². The molecule has 0 bridgehead atoms. The molecule has 28 heavy (non-hydrogen) atoms. The van der Waals surface area contributed by atoms with E-state index in [1.807, 2.05) is 23.6 Å². The number of pyridine rings is 1. The third-order valence-corrected chi connectivity index (χ3v) is 5.21. The van der Waals surface area contributed by atoms with E-state index in [4.69, 9.17) is 0 Å². The minimum atomic E-state index is -0.353. The summed E-state index contributed by atoms with van der Waals surface area (Å²) in [4.78, 5) is 46.6. The van der Waals surface area contributed by atoms with Gasteiger partial charge in [0.25, 0.3) is 11.8 Å². The average Bonchev–Trinajstić information content (AvgIpc) is 3.30. The Balaban J connectivity index is 1.30. The molecule has 3 heterocycles. The van der Waals surface area contributed by atoms with E-state index in [1.165, 1.54) is 11.3 Å². The molecule has 0 unspecified atom stereocenters. The predicted octanol–water partition coefficient (Wildman–Crippen LogP) is 2.51. The lowest BCUT2D eigenvalue weighted by Crippen LogP contribution is -2.34. The molecule has 1 aromatic carbocycles. The molecule has 1 N–H and O–H groups in total. The van der Waals surface area contributed by atoms with E-state index in [9.17, 15) is 14.4 Å². The van der Waals surface area contributed by atoms with Crippen molar-refractivity contribution >= 4 is 29.1 Å². The molecule has 1 aliphatic heterocycles. The Morgan fingerprint density at radius 2 is 1.71 bits per heavy atom. The van der Waals surface area contributed by atoms with Gasteiger partial charge in [0.15, 0.2) is 0 Å². The molecule has 4 rings (SSSR count). The summed E-state index contributed by atoms with van der Waals surface area (Å²) in [6.45, 7) is 0.341. The van der Waals surface area contributed by atoms with Crippen LogP contribution in [0.2, 0.25) is 0 Å². The number of amides is 3. The van der Waals surface area contributed by atoms with Gasteiger partial charge >= 0.3 is 0 Å². The molecule has 0 radical (unpaired) electrons. The van der Waals surface area contributed by atoms with Gasteiger partial charge in [-0.1, -0.05) is 18.2 Å². The second kappa shape index (κ2) is 7.69. The van der Waals surface area contributed by atoms with Gasteiger partial charge in [0, 0.05) is 24.5 Å². The highest BCUT2D eigenvalue weighted by Crippen LogP contribution is 2.22. The first kappa shape index (κ1) is 18.0. The number of hydrogen-bond donors (Lipinski definition) is 1. The monoisotopic (exact) mass is 392 g/mol. The van der Waals surface area contributed by atoms with E-state index in [0.29, 0.717) is 17.7 Å². The summed E-state index contributed by atoms with van der Waals surface area (Å²) in [5, 5.41) is 5.43. The van der Waals surface area contributed by atoms with E-state index >= 15 is 0 Å². The number of imide groups is 1. The van der Waals surface area contributed by atoms with Crippen LogP contribution in [0.25, 0.3) is 11.4 Å². The molecule has 3 aromatic rings. The quantitative estimate of drug-likeness (QED) is 0.651. The largest absolute Gasteiger partial charge is 0.350 e. The summed E-state index contributed by atoms with van der Waals surface area (Å²) in [6.07, 6.45) is 1.75. The number of rotatable bonds is 6. The first-order chi connectivity index (χ1) is 13.6. The summed E-state index contributed by atoms with van der Waals surface area (Å²) < 4.78 is 0. The van der Waals surface area contributed by atoms with Crippen LogP contribution in [0, 0.1) is 0 Å². The van der Waals surface area contributed by atoms with Crippen molar-refractivity contribution in [1.82, 2.24) is 20.2 Å². The molecule has 0 atom stereocenters. The maximum atomic E-state index is 12.3. The third-order valence-electron chi connectivity index (χ3n) is 4.36. The summed E-state index contributed by atoms with van der Waals surface area (Å²) in [5.74, 6) is -0.951. The van der Waals surface area contributed by atoms with Gasteiger partial charge < -0.3 is 5.32 Å². The number of nitrogens with one attached hydrogen (secondary N) is 1. The van der Waals surface area contributed by atoms with Gasteiger partial charge in [0.1, 0.15) is 5.01 Å². The highest BCUT2D eigenvalue weighted by atomic mass is 32.1. The predicted molar refractivity (Wildman–Crippen MR) is 104 cm³/mol. The Bertz CT molecular complexity index is 1010. The number of nitrogens with zero attached hydrogens (tertiary/aromatic N) is 3. The van der Waals surface area contributed by atoms with Crippen molar-refractivity contribution in [3.63, 3.8) is 0 Å². The van der Waals surface area contributed by atoms with Gasteiger partial charge in [0.2, 0.25) is 5.91 Å². The SMILES string of the molecule is O=C(CCN1C(=O)c2ccccc2C1=O)NCc1nc(-c2ccccn2)cs1. The van der Waals surface area contributed by atoms with Gasteiger partial charge in [-0.25, -0.2) is 4.98 Å². The van der Waals surface area contributed by atoms with Gasteiger partial charge in [0.05, 0.1) is 29.1 Å². The van der Waals surface area contributed by atoms with E-state index < -0.39 is 0 Å². The lowest BCUT2D eigenvalue weighted by atomic mass is 10.1. The zero-order chi connectivity index (χ0) is 19.5. The first-order valence-electron chi connectivity index (χ1n) is 8.71. The molecule has 7 nitrogen and oxygen atoms in total. The van der Waals surface area contributed by atoms with Crippen molar-refractivity contribution < 1.29 is 14.4 Å². The van der Waals surface area contributed by atoms with Crippen LogP contribution in [0.4, 0.5) is 0 Å². The van der Waals surface area contributed by atoms with E-state index in [0.717, 1.165) is 21.3 Å². The maximum absolute atomic E-state index is 12.3. The molecule has 8 heteroatoms. The fraction of sp³-hybridized carbons (Fsp3) is 0.150. The van der Waals surface area contributed by atoms with Crippen LogP contribution in [0.5, 0.6) is 0 Å². The second-order valence-electron chi connectivity index (χ2n) is 6.18. The number of benzene rings is 1. The molecular weight excluding hydrogens is 376 g/mol. The standard InChI is InChI=1S/C20H16N4O3S/c25-17(8-10-24-19(26)13-5-1-2-6-14(13)20(24)27)22-11-18-23-16(12-28-18)15-7-3-4-9-21-15/h1-7,9,12H,8,10-11H2,(H,22,25). The molecule has 0 saturated carbocycles. The fourth-order valence-corrected chi connectivity index (χ4v) is 3.67. The smallest absolute Gasteiger partial charge is 0.261 e. The van der Waals surface area contributed by atoms with Crippen molar-refractivity contribution in [3.05, 3.63) is 70.2 Å². The van der Waals surface area contributed by atoms with Crippen LogP contribution in [0.1, 0.15) is 32.1 Å². The molecular formula is C20H16N4O3S. The summed E-state index contributed by atoms with van der Waals surface area (Å²) in [6, 6.07) is 12.3. The Kier molecular flexibility index (Phi) is 4.94. The first-order valence-corrected chi connectivity index (χ1v) is 9.59. The van der Waals surface area contributed by atoms with E-state index in [-0.39, 0.29) is 30.7 Å². The molecule has 0 saturated heterocycles. The van der Waals surface area contributed by atoms with Crippen LogP contribution < -0.4 is 5.32 Å². The Morgan fingerprint density at radius 3 is 2.39 bits per heavy atom. The molecule has 2 aromatic heterocycles. The van der Waals surface area contributed by atoms with Crippen LogP contribution >= 0.6 is 11.3 Å². The van der Waals surface area contributed by atoms with Crippen LogP contribution in [0.3, 0.4) is 0 Å². The van der Waals surface area contributed by atoms with Crippen LogP contribution in [-0.2, 0) is 11.3 Å². The van der Waals surface area contributed by atoms with Gasteiger partial charge in [-0.3, -0.25) is 24.3 Å². The maximum Gasteiger partial charge on any atom is 0.261 e. The molecule has 1 aliphatic rings. The van der Waals surface area contributed by atoms with Crippen molar-refractivity contribution in [2.45, 2.75) is 13.0 Å². The Hall–Kier alpha value is -3.39. The van der Waals surface area contributed by atoms with Gasteiger partial charge in [-0.2, -0.15) is 0 Å². The normalized spacial score (nSPS) is 12.9. The highest BCUT2D eigenvalue weighted by Gasteiger charge is 2.34. The fourth-order valence-electron chi connectivity index (χ4n) is 2.94. The third kappa shape index (κ3) is 3.54. The average molecular weight is 392 g/mol. The lowest BCUT2D eigenvalue weighted by molar-refractivity contribution is -0.121. The van der Waals surface area contributed by atoms with Crippen LogP contribution in [-0.4, -0.2) is 39.1 Å². The minimum absolute atomic E-state index is 0.0456. The van der Waals surface area contributed by atoms with Crippen molar-refractivity contribution in [2.24, 2.45) is 0 Å². The molecule has 0 aliphatic carbocycles. The van der Waals surface area contributed by atoms with Crippen LogP contribution in [0.15, 0.2) is 54.0 Å². The number of carbonyl (C=O) groups is 3. The van der Waals surface area contributed by atoms with E-state index in [2.05, 4.69) is 15.3 Å². The van der Waals surface area contributed by atoms with E-state index in [1.54, 1.807) is 30.5 Å². The topological polar surface area (TPSA) is 92.3 Å². The Morgan fingerprint density at radius 1 is 1.00 bits per heavy atom. The zero-order valence-corrected chi connectivity index (χ0v) is 15.6. The number of fused-ring (bicyclic) bond motifs is 1. The van der Waals surface area contributed by atoms with Gasteiger partial charge in [-0.15, -0.1) is 11.3 Å². The minimum Gasteiger partial charge on any atom is -0.350 e. The summed E-state index contributed by atoms with van der Waals surface area (Å²) >= 11 is 1.44. The zero-order valence-electron chi connectivity index (χ0n) is 14.8. The van der Waals surface area contributed by atoms with Crippen molar-refractivity contribution in [2.75, 3.05) is 6.54 Å². The highest BCUT2D eigenvalue weighted by molar-refractivity contribution is 7.09. The number of carbonyl (C=O) groups excluding carboxylic acids is 3. The second-order valence-corrected chi connectivity index (χ2v) is 7.12. The number of hydrogen-bond acceptors (Lipinski definition) is 6. The summed E-state index contributed by atoms with van der Waals surface area (Å²) in [5.41, 5.74) is 2.32. The lowest BCUT2D eigenvalue weighted by Gasteiger charge is -2.13. The molecule has 140 valence electrons. The molecule has 0 spiro atoms. The molecule has 0 fully saturated rings. The Labute approximate surface area is 165 Å². The number of thiazole rings is 1. The van der Waals surface area contributed by atoms with Crippen molar-refractivity contribution in [1.29, 1.82) is 0 Å². The summed E-state index contributed by atoms with van der Waals surface area (Å²) in [7, 11) is 0. The molecule has 3 amide bonds.